The Morgan fingerprint density at radius 2 is 2.07 bits per heavy atom. The molecule has 0 atom stereocenters. The van der Waals surface area contributed by atoms with Crippen molar-refractivity contribution >= 4 is 0 Å². The lowest BCUT2D eigenvalue weighted by molar-refractivity contribution is -0.0455. The molecule has 1 aliphatic heterocycles. The molecule has 76 valence electrons. The van der Waals surface area contributed by atoms with Crippen LogP contribution in [-0.4, -0.2) is 20.3 Å². The largest absolute Gasteiger partial charge is 0.496 e. The van der Waals surface area contributed by atoms with E-state index in [0.29, 0.717) is 19.0 Å². The summed E-state index contributed by atoms with van der Waals surface area (Å²) in [6.07, 6.45) is -0.425. The second-order valence-electron chi connectivity index (χ2n) is 2.96. The minimum Gasteiger partial charge on any atom is -0.496 e. The highest BCUT2D eigenvalue weighted by atomic mass is 19.1. The van der Waals surface area contributed by atoms with Gasteiger partial charge in [-0.3, -0.25) is 0 Å². The molecule has 4 heteroatoms. The van der Waals surface area contributed by atoms with Gasteiger partial charge in [-0.2, -0.15) is 0 Å². The molecule has 2 rings (SSSR count). The van der Waals surface area contributed by atoms with Crippen molar-refractivity contribution in [2.75, 3.05) is 20.3 Å². The first-order valence-corrected chi connectivity index (χ1v) is 4.38. The fourth-order valence-electron chi connectivity index (χ4n) is 1.42. The van der Waals surface area contributed by atoms with Crippen LogP contribution in [-0.2, 0) is 9.47 Å². The van der Waals surface area contributed by atoms with Crippen molar-refractivity contribution in [1.29, 1.82) is 0 Å². The SMILES string of the molecule is COc1cc(F)ccc1C1OCCO1. The van der Waals surface area contributed by atoms with Crippen molar-refractivity contribution in [2.24, 2.45) is 0 Å². The van der Waals surface area contributed by atoms with Crippen molar-refractivity contribution in [3.8, 4) is 5.75 Å². The lowest BCUT2D eigenvalue weighted by Crippen LogP contribution is -2.01. The summed E-state index contributed by atoms with van der Waals surface area (Å²) in [5.74, 6) is 0.125. The Morgan fingerprint density at radius 1 is 1.36 bits per heavy atom. The fourth-order valence-corrected chi connectivity index (χ4v) is 1.42. The van der Waals surface area contributed by atoms with E-state index in [1.807, 2.05) is 0 Å². The predicted molar refractivity (Wildman–Crippen MR) is 47.6 cm³/mol. The maximum absolute atomic E-state index is 12.9. The molecule has 0 aliphatic carbocycles. The highest BCUT2D eigenvalue weighted by molar-refractivity contribution is 5.35. The normalized spacial score (nSPS) is 17.3. The Labute approximate surface area is 81.4 Å². The van der Waals surface area contributed by atoms with Gasteiger partial charge in [0, 0.05) is 11.6 Å². The number of halogens is 1. The average Bonchev–Trinajstić information content (AvgIpc) is 2.70. The molecule has 1 saturated heterocycles. The highest BCUT2D eigenvalue weighted by Crippen LogP contribution is 2.31. The molecule has 0 N–H and O–H groups in total. The van der Waals surface area contributed by atoms with Crippen LogP contribution < -0.4 is 4.74 Å². The maximum atomic E-state index is 12.9. The summed E-state index contributed by atoms with van der Waals surface area (Å²) >= 11 is 0. The minimum absolute atomic E-state index is 0.330. The van der Waals surface area contributed by atoms with Crippen LogP contribution in [0.4, 0.5) is 4.39 Å². The second-order valence-corrected chi connectivity index (χ2v) is 2.96. The zero-order valence-corrected chi connectivity index (χ0v) is 7.83. The van der Waals surface area contributed by atoms with Crippen molar-refractivity contribution in [3.63, 3.8) is 0 Å². The first-order valence-electron chi connectivity index (χ1n) is 4.38. The first kappa shape index (κ1) is 9.43. The number of rotatable bonds is 2. The molecule has 3 nitrogen and oxygen atoms in total. The molecule has 1 aromatic carbocycles. The molecule has 0 spiro atoms. The number of hydrogen-bond donors (Lipinski definition) is 0. The van der Waals surface area contributed by atoms with E-state index in [9.17, 15) is 4.39 Å². The van der Waals surface area contributed by atoms with Crippen molar-refractivity contribution in [2.45, 2.75) is 6.29 Å². The topological polar surface area (TPSA) is 27.7 Å². The highest BCUT2D eigenvalue weighted by Gasteiger charge is 2.22. The summed E-state index contributed by atoms with van der Waals surface area (Å²) in [6, 6.07) is 4.30. The van der Waals surface area contributed by atoms with Crippen LogP contribution in [0.1, 0.15) is 11.9 Å². The monoisotopic (exact) mass is 198 g/mol. The van der Waals surface area contributed by atoms with E-state index in [2.05, 4.69) is 0 Å². The molecule has 1 aliphatic rings. The van der Waals surface area contributed by atoms with E-state index in [1.165, 1.54) is 19.2 Å². The Hall–Kier alpha value is -1.13. The Kier molecular flexibility index (Phi) is 2.65. The second kappa shape index (κ2) is 3.94. The molecule has 0 aromatic heterocycles. The average molecular weight is 198 g/mol. The van der Waals surface area contributed by atoms with Crippen molar-refractivity contribution in [1.82, 2.24) is 0 Å². The van der Waals surface area contributed by atoms with Gasteiger partial charge < -0.3 is 14.2 Å². The molecule has 1 fully saturated rings. The minimum atomic E-state index is -0.425. The molecule has 0 bridgehead atoms. The zero-order valence-electron chi connectivity index (χ0n) is 7.83. The van der Waals surface area contributed by atoms with Gasteiger partial charge in [-0.05, 0) is 12.1 Å². The van der Waals surface area contributed by atoms with Gasteiger partial charge in [-0.25, -0.2) is 4.39 Å². The van der Waals surface area contributed by atoms with Gasteiger partial charge in [0.2, 0.25) is 0 Å². The summed E-state index contributed by atoms with van der Waals surface area (Å²) in [5.41, 5.74) is 0.728. The van der Waals surface area contributed by atoms with Gasteiger partial charge in [0.1, 0.15) is 11.6 Å². The molecule has 0 radical (unpaired) electrons. The lowest BCUT2D eigenvalue weighted by Gasteiger charge is -2.13. The van der Waals surface area contributed by atoms with E-state index in [-0.39, 0.29) is 5.82 Å². The van der Waals surface area contributed by atoms with Crippen LogP contribution in [0.5, 0.6) is 5.75 Å². The van der Waals surface area contributed by atoms with Gasteiger partial charge in [0.05, 0.1) is 20.3 Å². The van der Waals surface area contributed by atoms with Crippen LogP contribution in [0.3, 0.4) is 0 Å². The van der Waals surface area contributed by atoms with Crippen LogP contribution in [0.2, 0.25) is 0 Å². The third kappa shape index (κ3) is 1.71. The molecule has 1 heterocycles. The fraction of sp³-hybridized carbons (Fsp3) is 0.400. The predicted octanol–water partition coefficient (Wildman–Crippen LogP) is 1.88. The Morgan fingerprint density at radius 3 is 2.71 bits per heavy atom. The molecule has 14 heavy (non-hydrogen) atoms. The maximum Gasteiger partial charge on any atom is 0.187 e. The van der Waals surface area contributed by atoms with Gasteiger partial charge in [0.25, 0.3) is 0 Å². The van der Waals surface area contributed by atoms with Crippen LogP contribution in [0.25, 0.3) is 0 Å². The lowest BCUT2D eigenvalue weighted by atomic mass is 10.2. The number of hydrogen-bond acceptors (Lipinski definition) is 3. The van der Waals surface area contributed by atoms with Gasteiger partial charge in [-0.1, -0.05) is 0 Å². The van der Waals surface area contributed by atoms with E-state index in [4.69, 9.17) is 14.2 Å². The molecular weight excluding hydrogens is 187 g/mol. The Bertz CT molecular complexity index is 321. The standard InChI is InChI=1S/C10H11FO3/c1-12-9-6-7(11)2-3-8(9)10-13-4-5-14-10/h2-3,6,10H,4-5H2,1H3. The zero-order chi connectivity index (χ0) is 9.97. The number of ether oxygens (including phenoxy) is 3. The third-order valence-electron chi connectivity index (χ3n) is 2.07. The van der Waals surface area contributed by atoms with E-state index >= 15 is 0 Å². The van der Waals surface area contributed by atoms with E-state index in [0.717, 1.165) is 5.56 Å². The molecule has 0 amide bonds. The van der Waals surface area contributed by atoms with Crippen LogP contribution in [0, 0.1) is 5.82 Å². The van der Waals surface area contributed by atoms with Gasteiger partial charge >= 0.3 is 0 Å². The quantitative estimate of drug-likeness (QED) is 0.726. The third-order valence-corrected chi connectivity index (χ3v) is 2.07. The smallest absolute Gasteiger partial charge is 0.187 e. The molecule has 0 saturated carbocycles. The summed E-state index contributed by atoms with van der Waals surface area (Å²) in [6.45, 7) is 1.12. The van der Waals surface area contributed by atoms with E-state index < -0.39 is 6.29 Å². The summed E-state index contributed by atoms with van der Waals surface area (Å²) in [4.78, 5) is 0. The molecule has 0 unspecified atom stereocenters. The summed E-state index contributed by atoms with van der Waals surface area (Å²) < 4.78 is 28.5. The van der Waals surface area contributed by atoms with Gasteiger partial charge in [0.15, 0.2) is 6.29 Å². The summed E-state index contributed by atoms with van der Waals surface area (Å²) in [7, 11) is 1.49. The number of benzene rings is 1. The molecular formula is C10H11FO3. The number of methoxy groups -OCH3 is 1. The first-order chi connectivity index (χ1) is 6.81. The van der Waals surface area contributed by atoms with Crippen molar-refractivity contribution in [3.05, 3.63) is 29.6 Å². The van der Waals surface area contributed by atoms with Crippen LogP contribution >= 0.6 is 0 Å². The van der Waals surface area contributed by atoms with E-state index in [1.54, 1.807) is 6.07 Å². The van der Waals surface area contributed by atoms with Gasteiger partial charge in [-0.15, -0.1) is 0 Å². The van der Waals surface area contributed by atoms with Crippen LogP contribution in [0.15, 0.2) is 18.2 Å². The molecule has 1 aromatic rings. The van der Waals surface area contributed by atoms with Crippen molar-refractivity contribution < 1.29 is 18.6 Å². The summed E-state index contributed by atoms with van der Waals surface area (Å²) in [5, 5.41) is 0. The Balaban J connectivity index is 2.31.